The van der Waals surface area contributed by atoms with Gasteiger partial charge in [0.2, 0.25) is 0 Å². The van der Waals surface area contributed by atoms with E-state index in [1.54, 1.807) is 13.2 Å². The van der Waals surface area contributed by atoms with Crippen LogP contribution >= 0.6 is 0 Å². The third-order valence-electron chi connectivity index (χ3n) is 0.925. The molecule has 1 heterocycles. The molecule has 0 fully saturated rings. The molecule has 0 amide bonds. The first-order valence-electron chi connectivity index (χ1n) is 2.64. The van der Waals surface area contributed by atoms with Crippen LogP contribution < -0.4 is 0 Å². The van der Waals surface area contributed by atoms with Gasteiger partial charge in [-0.2, -0.15) is 6.20 Å². The van der Waals surface area contributed by atoms with E-state index in [2.05, 4.69) is 21.4 Å². The van der Waals surface area contributed by atoms with Gasteiger partial charge >= 0.3 is 0 Å². The number of aryl methyl sites for hydroxylation is 1. The molecular formula is C6H7N3Re2-2. The van der Waals surface area contributed by atoms with Gasteiger partial charge < -0.3 is 21.4 Å². The van der Waals surface area contributed by atoms with E-state index in [1.165, 1.54) is 0 Å². The molecule has 0 aromatic carbocycles. The molecule has 0 saturated carbocycles. The SMILES string of the molecule is C[N-]c1[c-]cnc(C)n1.[Re].[Re]. The molecule has 0 saturated heterocycles. The van der Waals surface area contributed by atoms with Gasteiger partial charge in [0.15, 0.2) is 0 Å². The maximum Gasteiger partial charge on any atom is 0.0183 e. The Bertz CT molecular complexity index is 205. The summed E-state index contributed by atoms with van der Waals surface area (Å²) in [5.74, 6) is 1.34. The molecule has 0 spiro atoms. The zero-order valence-electron chi connectivity index (χ0n) is 6.17. The van der Waals surface area contributed by atoms with Crippen LogP contribution in [0.25, 0.3) is 5.32 Å². The Labute approximate surface area is 93.7 Å². The van der Waals surface area contributed by atoms with Gasteiger partial charge in [0, 0.05) is 46.7 Å². The Hall–Kier alpha value is 0.205. The molecule has 1 aromatic heterocycles. The van der Waals surface area contributed by atoms with Crippen molar-refractivity contribution >= 4 is 5.82 Å². The van der Waals surface area contributed by atoms with Crippen molar-refractivity contribution in [3.05, 3.63) is 23.4 Å². The number of hydrogen-bond donors (Lipinski definition) is 0. The van der Waals surface area contributed by atoms with Crippen LogP contribution in [0, 0.1) is 13.0 Å². The summed E-state index contributed by atoms with van der Waals surface area (Å²) >= 11 is 0. The normalized spacial score (nSPS) is 7.45. The van der Waals surface area contributed by atoms with Crippen LogP contribution in [0.3, 0.4) is 0 Å². The summed E-state index contributed by atoms with van der Waals surface area (Å²) < 4.78 is 0. The predicted molar refractivity (Wildman–Crippen MR) is 34.5 cm³/mol. The summed E-state index contributed by atoms with van der Waals surface area (Å²) in [5.41, 5.74) is 0. The first-order valence-corrected chi connectivity index (χ1v) is 2.64. The molecular weight excluding hydrogens is 487 g/mol. The van der Waals surface area contributed by atoms with Crippen LogP contribution in [0.15, 0.2) is 6.20 Å². The third-order valence-corrected chi connectivity index (χ3v) is 0.925. The quantitative estimate of drug-likeness (QED) is 0.552. The third kappa shape index (κ3) is 4.61. The molecule has 1 aromatic rings. The van der Waals surface area contributed by atoms with Crippen LogP contribution in [0.5, 0.6) is 0 Å². The zero-order chi connectivity index (χ0) is 6.69. The van der Waals surface area contributed by atoms with Crippen molar-refractivity contribution in [2.75, 3.05) is 7.05 Å². The zero-order valence-corrected chi connectivity index (χ0v) is 11.6. The second-order valence-electron chi connectivity index (χ2n) is 1.61. The van der Waals surface area contributed by atoms with Gasteiger partial charge in [0.05, 0.1) is 0 Å². The fourth-order valence-corrected chi connectivity index (χ4v) is 0.512. The molecule has 11 heavy (non-hydrogen) atoms. The molecule has 3 nitrogen and oxygen atoms in total. The Morgan fingerprint density at radius 2 is 2.09 bits per heavy atom. The van der Waals surface area contributed by atoms with Crippen molar-refractivity contribution in [2.24, 2.45) is 0 Å². The second kappa shape index (κ2) is 6.89. The van der Waals surface area contributed by atoms with Gasteiger partial charge in [0.1, 0.15) is 0 Å². The van der Waals surface area contributed by atoms with Crippen LogP contribution in [0.4, 0.5) is 5.82 Å². The molecule has 0 unspecified atom stereocenters. The first-order chi connectivity index (χ1) is 4.33. The topological polar surface area (TPSA) is 39.9 Å². The minimum Gasteiger partial charge on any atom is -0.504 e. The van der Waals surface area contributed by atoms with Crippen molar-refractivity contribution in [2.45, 2.75) is 6.92 Å². The number of nitrogens with zero attached hydrogens (tertiary/aromatic N) is 3. The number of aromatic nitrogens is 2. The van der Waals surface area contributed by atoms with Gasteiger partial charge in [0.25, 0.3) is 0 Å². The molecule has 0 atom stereocenters. The molecule has 1 rings (SSSR count). The van der Waals surface area contributed by atoms with Crippen molar-refractivity contribution in [1.82, 2.24) is 9.97 Å². The molecule has 0 aliphatic heterocycles. The molecule has 0 aliphatic carbocycles. The summed E-state index contributed by atoms with van der Waals surface area (Å²) in [7, 11) is 1.68. The van der Waals surface area contributed by atoms with Gasteiger partial charge in [-0.15, -0.1) is 0 Å². The van der Waals surface area contributed by atoms with Crippen LogP contribution in [-0.4, -0.2) is 17.0 Å². The van der Waals surface area contributed by atoms with Crippen molar-refractivity contribution < 1.29 is 40.8 Å². The fraction of sp³-hybridized carbons (Fsp3) is 0.333. The van der Waals surface area contributed by atoms with E-state index in [0.29, 0.717) is 5.82 Å². The summed E-state index contributed by atoms with van der Waals surface area (Å²) in [4.78, 5) is 7.82. The van der Waals surface area contributed by atoms with Crippen LogP contribution in [0.1, 0.15) is 5.82 Å². The van der Waals surface area contributed by atoms with E-state index in [1.807, 2.05) is 6.92 Å². The smallest absolute Gasteiger partial charge is 0.0183 e. The minimum atomic E-state index is 0. The predicted octanol–water partition coefficient (Wildman–Crippen LogP) is 1.22. The number of hydrogen-bond acceptors (Lipinski definition) is 2. The van der Waals surface area contributed by atoms with Gasteiger partial charge in [-0.25, -0.2) is 5.82 Å². The maximum absolute atomic E-state index is 3.96. The van der Waals surface area contributed by atoms with E-state index in [-0.39, 0.29) is 40.8 Å². The average Bonchev–Trinajstić information content (AvgIpc) is 1.88. The molecule has 0 N–H and O–H groups in total. The van der Waals surface area contributed by atoms with Crippen molar-refractivity contribution in [1.29, 1.82) is 0 Å². The van der Waals surface area contributed by atoms with Gasteiger partial charge in [-0.3, -0.25) is 0 Å². The van der Waals surface area contributed by atoms with E-state index < -0.39 is 0 Å². The summed E-state index contributed by atoms with van der Waals surface area (Å²) in [6.45, 7) is 1.82. The van der Waals surface area contributed by atoms with Gasteiger partial charge in [-0.05, 0) is 6.92 Å². The molecule has 0 bridgehead atoms. The Kier molecular flexibility index (Phi) is 8.62. The van der Waals surface area contributed by atoms with Crippen molar-refractivity contribution in [3.63, 3.8) is 0 Å². The summed E-state index contributed by atoms with van der Waals surface area (Å²) in [5, 5.41) is 3.82. The fourth-order valence-electron chi connectivity index (χ4n) is 0.512. The second-order valence-corrected chi connectivity index (χ2v) is 1.61. The van der Waals surface area contributed by atoms with Gasteiger partial charge in [-0.1, -0.05) is 7.05 Å². The summed E-state index contributed by atoms with van der Waals surface area (Å²) in [6, 6.07) is 2.77. The van der Waals surface area contributed by atoms with Crippen molar-refractivity contribution in [3.8, 4) is 0 Å². The van der Waals surface area contributed by atoms with E-state index in [0.717, 1.165) is 5.82 Å². The largest absolute Gasteiger partial charge is 0.504 e. The van der Waals surface area contributed by atoms with Crippen LogP contribution in [0.2, 0.25) is 0 Å². The van der Waals surface area contributed by atoms with E-state index >= 15 is 0 Å². The van der Waals surface area contributed by atoms with E-state index in [4.69, 9.17) is 0 Å². The molecule has 0 aliphatic rings. The maximum atomic E-state index is 3.96. The first kappa shape index (κ1) is 13.8. The Morgan fingerprint density at radius 1 is 1.45 bits per heavy atom. The minimum absolute atomic E-state index is 0. The average molecular weight is 494 g/mol. The monoisotopic (exact) mass is 495 g/mol. The summed E-state index contributed by atoms with van der Waals surface area (Å²) in [6.07, 6.45) is 1.57. The molecule has 2 radical (unpaired) electrons. The molecule has 5 heteroatoms. The number of rotatable bonds is 1. The van der Waals surface area contributed by atoms with Crippen LogP contribution in [-0.2, 0) is 40.8 Å². The standard InChI is InChI=1S/C6H7N3.2Re/c1-5-8-4-3-6(7-2)9-5;;/h4H,1-2H3;;/q-2;;. The van der Waals surface area contributed by atoms with E-state index in [9.17, 15) is 0 Å². The molecule has 62 valence electrons. The Balaban J connectivity index is 0. The Morgan fingerprint density at radius 3 is 2.45 bits per heavy atom.